The Labute approximate surface area is 184 Å². The third-order valence-electron chi connectivity index (χ3n) is 3.90. The molecule has 1 fully saturated rings. The number of hydrogen-bond donors (Lipinski definition) is 3. The summed E-state index contributed by atoms with van der Waals surface area (Å²) in [4.78, 5) is 23.3. The lowest BCUT2D eigenvalue weighted by Crippen LogP contribution is -2.21. The topological polar surface area (TPSA) is 85.0 Å². The molecule has 30 heavy (non-hydrogen) atoms. The van der Waals surface area contributed by atoms with Crippen LogP contribution in [0.15, 0.2) is 17.3 Å². The number of aliphatic hydroxyl groups excluding tert-OH is 1. The van der Waals surface area contributed by atoms with Gasteiger partial charge in [0.15, 0.2) is 0 Å². The molecule has 6 nitrogen and oxygen atoms in total. The van der Waals surface area contributed by atoms with E-state index in [1.54, 1.807) is 0 Å². The van der Waals surface area contributed by atoms with Gasteiger partial charge in [0.25, 0.3) is 5.56 Å². The maximum Gasteiger partial charge on any atom is 0.275 e. The predicted molar refractivity (Wildman–Crippen MR) is 131 cm³/mol. The monoisotopic (exact) mass is 424 g/mol. The first-order chi connectivity index (χ1) is 14.4. The summed E-state index contributed by atoms with van der Waals surface area (Å²) in [5.74, 6) is 0.833. The lowest BCUT2D eigenvalue weighted by molar-refractivity contribution is 0.175. The molecular weight excluding hydrogens is 376 g/mol. The summed E-state index contributed by atoms with van der Waals surface area (Å²) in [7, 11) is 0. The van der Waals surface area contributed by atoms with E-state index in [2.05, 4.69) is 54.5 Å². The van der Waals surface area contributed by atoms with Crippen molar-refractivity contribution in [3.63, 3.8) is 0 Å². The highest BCUT2D eigenvalue weighted by atomic mass is 16.3. The minimum Gasteiger partial charge on any atom is -0.392 e. The molecule has 0 spiro atoms. The molecule has 0 aliphatic carbocycles. The molecule has 0 saturated carbocycles. The van der Waals surface area contributed by atoms with Crippen LogP contribution in [0, 0.1) is 5.92 Å². The summed E-state index contributed by atoms with van der Waals surface area (Å²) < 4.78 is 0. The van der Waals surface area contributed by atoms with Gasteiger partial charge in [-0.2, -0.15) is 0 Å². The first kappa shape index (κ1) is 30.5. The highest BCUT2D eigenvalue weighted by Crippen LogP contribution is 2.17. The number of aromatic amines is 2. The second-order valence-electron chi connectivity index (χ2n) is 7.53. The van der Waals surface area contributed by atoms with Crippen LogP contribution in [0.25, 0.3) is 11.0 Å². The van der Waals surface area contributed by atoms with E-state index >= 15 is 0 Å². The van der Waals surface area contributed by atoms with Crippen LogP contribution in [0.3, 0.4) is 0 Å². The van der Waals surface area contributed by atoms with Crippen molar-refractivity contribution in [1.29, 1.82) is 0 Å². The zero-order chi connectivity index (χ0) is 23.5. The van der Waals surface area contributed by atoms with Gasteiger partial charge in [-0.25, -0.2) is 4.98 Å². The smallest absolute Gasteiger partial charge is 0.275 e. The summed E-state index contributed by atoms with van der Waals surface area (Å²) >= 11 is 0. The second kappa shape index (κ2) is 19.3. The van der Waals surface area contributed by atoms with Gasteiger partial charge in [-0.15, -0.1) is 0 Å². The number of nitrogens with zero attached hydrogens (tertiary/aromatic N) is 2. The Morgan fingerprint density at radius 1 is 1.13 bits per heavy atom. The minimum absolute atomic E-state index is 0.150. The van der Waals surface area contributed by atoms with Gasteiger partial charge in [-0.05, 0) is 12.3 Å². The molecule has 0 aromatic carbocycles. The summed E-state index contributed by atoms with van der Waals surface area (Å²) in [6, 6.07) is 0. The number of hydrogen-bond acceptors (Lipinski definition) is 4. The van der Waals surface area contributed by atoms with Gasteiger partial charge in [0.1, 0.15) is 5.52 Å². The van der Waals surface area contributed by atoms with Crippen LogP contribution < -0.4 is 5.56 Å². The fourth-order valence-electron chi connectivity index (χ4n) is 2.68. The summed E-state index contributed by atoms with van der Waals surface area (Å²) in [6.07, 6.45) is 7.90. The van der Waals surface area contributed by atoms with Crippen molar-refractivity contribution in [1.82, 2.24) is 19.9 Å². The van der Waals surface area contributed by atoms with Gasteiger partial charge in [-0.3, -0.25) is 9.69 Å². The van der Waals surface area contributed by atoms with Crippen molar-refractivity contribution >= 4 is 11.0 Å². The van der Waals surface area contributed by atoms with E-state index in [1.165, 1.54) is 25.6 Å². The highest BCUT2D eigenvalue weighted by Gasteiger charge is 2.21. The van der Waals surface area contributed by atoms with E-state index in [-0.39, 0.29) is 11.7 Å². The van der Waals surface area contributed by atoms with Crippen LogP contribution in [0.2, 0.25) is 0 Å². The summed E-state index contributed by atoms with van der Waals surface area (Å²) in [5.41, 5.74) is 2.08. The van der Waals surface area contributed by atoms with Crippen LogP contribution in [0.4, 0.5) is 0 Å². The van der Waals surface area contributed by atoms with Crippen molar-refractivity contribution in [2.24, 2.45) is 5.92 Å². The van der Waals surface area contributed by atoms with E-state index in [1.807, 2.05) is 33.9 Å². The average Bonchev–Trinajstić information content (AvgIpc) is 3.33. The third kappa shape index (κ3) is 12.8. The number of H-pyrrole nitrogens is 2. The fraction of sp³-hybridized carbons (Fsp3) is 0.750. The zero-order valence-corrected chi connectivity index (χ0v) is 21.0. The summed E-state index contributed by atoms with van der Waals surface area (Å²) in [6.45, 7) is 21.2. The van der Waals surface area contributed by atoms with E-state index in [0.29, 0.717) is 18.6 Å². The van der Waals surface area contributed by atoms with Crippen molar-refractivity contribution in [2.75, 3.05) is 13.1 Å². The maximum absolute atomic E-state index is 11.5. The molecule has 1 aliphatic rings. The number of rotatable bonds is 4. The van der Waals surface area contributed by atoms with Crippen molar-refractivity contribution in [3.8, 4) is 0 Å². The second-order valence-corrected chi connectivity index (χ2v) is 7.53. The summed E-state index contributed by atoms with van der Waals surface area (Å²) in [5, 5.41) is 9.47. The molecule has 2 aromatic rings. The fourth-order valence-corrected chi connectivity index (χ4v) is 2.68. The SMILES string of the molecule is CC.CC.CC(C)C.CCCCC.O=c1[nH]cnc2c(CN3CC[C@H](O)C3)c[nH]c12. The quantitative estimate of drug-likeness (QED) is 0.585. The van der Waals surface area contributed by atoms with Crippen molar-refractivity contribution < 1.29 is 5.11 Å². The minimum atomic E-state index is -0.225. The van der Waals surface area contributed by atoms with Crippen molar-refractivity contribution in [3.05, 3.63) is 28.4 Å². The number of likely N-dealkylation sites (tertiary alicyclic amines) is 1. The van der Waals surface area contributed by atoms with Crippen LogP contribution in [-0.2, 0) is 6.54 Å². The van der Waals surface area contributed by atoms with Crippen LogP contribution in [0.1, 0.15) is 93.6 Å². The van der Waals surface area contributed by atoms with Gasteiger partial charge in [0.2, 0.25) is 0 Å². The number of nitrogens with one attached hydrogen (secondary N) is 2. The molecule has 0 unspecified atom stereocenters. The van der Waals surface area contributed by atoms with E-state index in [0.717, 1.165) is 30.0 Å². The molecule has 0 amide bonds. The molecule has 0 radical (unpaired) electrons. The van der Waals surface area contributed by atoms with Gasteiger partial charge in [0, 0.05) is 31.4 Å². The Balaban J connectivity index is 0. The Hall–Kier alpha value is -1.66. The van der Waals surface area contributed by atoms with E-state index < -0.39 is 0 Å². The maximum atomic E-state index is 11.5. The molecule has 3 heterocycles. The molecule has 2 aromatic heterocycles. The molecular formula is C24H48N4O2. The number of aliphatic hydroxyl groups is 1. The molecule has 176 valence electrons. The third-order valence-corrected chi connectivity index (χ3v) is 3.90. The molecule has 3 N–H and O–H groups in total. The lowest BCUT2D eigenvalue weighted by Gasteiger charge is -2.13. The average molecular weight is 425 g/mol. The van der Waals surface area contributed by atoms with Gasteiger partial charge >= 0.3 is 0 Å². The first-order valence-corrected chi connectivity index (χ1v) is 11.8. The molecule has 1 atom stereocenters. The largest absolute Gasteiger partial charge is 0.392 e. The van der Waals surface area contributed by atoms with Crippen LogP contribution in [0.5, 0.6) is 0 Å². The van der Waals surface area contributed by atoms with Gasteiger partial charge in [0.05, 0.1) is 17.9 Å². The number of unbranched alkanes of at least 4 members (excludes halogenated alkanes) is 2. The van der Waals surface area contributed by atoms with Crippen LogP contribution in [-0.4, -0.2) is 44.2 Å². The lowest BCUT2D eigenvalue weighted by atomic mass is 10.2. The van der Waals surface area contributed by atoms with Crippen molar-refractivity contribution in [2.45, 2.75) is 101 Å². The zero-order valence-electron chi connectivity index (χ0n) is 21.0. The number of aromatic nitrogens is 3. The highest BCUT2D eigenvalue weighted by molar-refractivity contribution is 5.77. The van der Waals surface area contributed by atoms with Gasteiger partial charge < -0.3 is 15.1 Å². The Bertz CT molecular complexity index is 674. The van der Waals surface area contributed by atoms with Crippen LogP contribution >= 0.6 is 0 Å². The van der Waals surface area contributed by atoms with E-state index in [4.69, 9.17) is 0 Å². The Kier molecular flexibility index (Phi) is 19.7. The molecule has 3 rings (SSSR count). The Morgan fingerprint density at radius 3 is 2.13 bits per heavy atom. The molecule has 1 aliphatic heterocycles. The Morgan fingerprint density at radius 2 is 1.70 bits per heavy atom. The predicted octanol–water partition coefficient (Wildman–Crippen LogP) is 5.73. The normalized spacial score (nSPS) is 15.1. The van der Waals surface area contributed by atoms with Gasteiger partial charge in [-0.1, -0.05) is 81.6 Å². The first-order valence-electron chi connectivity index (χ1n) is 11.8. The number of fused-ring (bicyclic) bond motifs is 1. The van der Waals surface area contributed by atoms with E-state index in [9.17, 15) is 9.90 Å². The molecule has 6 heteroatoms. The standard InChI is InChI=1S/C11H14N4O2.C5H12.C4H10.2C2H6/c16-8-1-2-15(5-8)4-7-3-12-10-9(7)13-6-14-11(10)17;1-3-5-4-2;1-4(2)3;2*1-2/h3,6,8,12,16H,1-2,4-5H2,(H,13,14,17);3-5H2,1-2H3;4H,1-3H3;2*1-2H3/t8-;;;;/m0..../s1. The number of β-amino-alcohol motifs (C(OH)–C–C–N with tert-alkyl or cyclic N) is 1. The molecule has 1 saturated heterocycles. The molecule has 0 bridgehead atoms.